The minimum absolute atomic E-state index is 0.207. The van der Waals surface area contributed by atoms with E-state index in [4.69, 9.17) is 4.98 Å². The summed E-state index contributed by atoms with van der Waals surface area (Å²) in [6.45, 7) is 5.74. The molecule has 32 heavy (non-hydrogen) atoms. The molecule has 164 valence electrons. The molecule has 0 bridgehead atoms. The van der Waals surface area contributed by atoms with E-state index < -0.39 is 16.1 Å². The Hall–Kier alpha value is -3.29. The van der Waals surface area contributed by atoms with Crippen molar-refractivity contribution in [1.82, 2.24) is 13.9 Å². The SMILES string of the molecule is CCN(C(C)c1nc2ccccc2c(=O)n1-c1cccc(C)c1)S(=O)(=O)c1ccccc1. The highest BCUT2D eigenvalue weighted by Crippen LogP contribution is 2.28. The Balaban J connectivity index is 1.96. The number of hydrogen-bond acceptors (Lipinski definition) is 4. The highest BCUT2D eigenvalue weighted by Gasteiger charge is 2.31. The van der Waals surface area contributed by atoms with Gasteiger partial charge in [0, 0.05) is 6.54 Å². The van der Waals surface area contributed by atoms with Crippen molar-refractivity contribution in [2.45, 2.75) is 31.7 Å². The highest BCUT2D eigenvalue weighted by molar-refractivity contribution is 7.89. The van der Waals surface area contributed by atoms with Crippen LogP contribution in [0.3, 0.4) is 0 Å². The first-order chi connectivity index (χ1) is 15.3. The third-order valence-electron chi connectivity index (χ3n) is 5.53. The molecule has 0 aliphatic rings. The molecule has 4 rings (SSSR count). The lowest BCUT2D eigenvalue weighted by atomic mass is 10.1. The van der Waals surface area contributed by atoms with E-state index in [9.17, 15) is 13.2 Å². The van der Waals surface area contributed by atoms with Crippen LogP contribution >= 0.6 is 0 Å². The second-order valence-corrected chi connectivity index (χ2v) is 9.55. The fourth-order valence-corrected chi connectivity index (χ4v) is 5.58. The van der Waals surface area contributed by atoms with Crippen LogP contribution in [0.4, 0.5) is 0 Å². The summed E-state index contributed by atoms with van der Waals surface area (Å²) in [7, 11) is -3.79. The third kappa shape index (κ3) is 3.85. The number of hydrogen-bond donors (Lipinski definition) is 0. The van der Waals surface area contributed by atoms with Gasteiger partial charge in [-0.25, -0.2) is 13.4 Å². The van der Waals surface area contributed by atoms with Crippen molar-refractivity contribution < 1.29 is 8.42 Å². The first kappa shape index (κ1) is 21.9. The number of fused-ring (bicyclic) bond motifs is 1. The van der Waals surface area contributed by atoms with E-state index in [0.717, 1.165) is 5.56 Å². The zero-order valence-corrected chi connectivity index (χ0v) is 19.1. The molecule has 0 radical (unpaired) electrons. The Labute approximate surface area is 187 Å². The van der Waals surface area contributed by atoms with Gasteiger partial charge in [0.05, 0.1) is 27.5 Å². The number of nitrogens with zero attached hydrogens (tertiary/aromatic N) is 3. The van der Waals surface area contributed by atoms with Crippen molar-refractivity contribution in [3.8, 4) is 5.69 Å². The Morgan fingerprint density at radius 1 is 0.969 bits per heavy atom. The summed E-state index contributed by atoms with van der Waals surface area (Å²) < 4.78 is 29.8. The highest BCUT2D eigenvalue weighted by atomic mass is 32.2. The Morgan fingerprint density at radius 3 is 2.34 bits per heavy atom. The normalized spacial score (nSPS) is 12.9. The number of benzene rings is 3. The van der Waals surface area contributed by atoms with Gasteiger partial charge in [-0.15, -0.1) is 0 Å². The summed E-state index contributed by atoms with van der Waals surface area (Å²) in [6, 6.07) is 22.3. The lowest BCUT2D eigenvalue weighted by Crippen LogP contribution is -2.37. The van der Waals surface area contributed by atoms with Crippen molar-refractivity contribution in [2.24, 2.45) is 0 Å². The third-order valence-corrected chi connectivity index (χ3v) is 7.59. The fourth-order valence-electron chi connectivity index (χ4n) is 3.96. The smallest absolute Gasteiger partial charge is 0.266 e. The van der Waals surface area contributed by atoms with Gasteiger partial charge in [-0.2, -0.15) is 4.31 Å². The largest absolute Gasteiger partial charge is 0.268 e. The number of rotatable bonds is 6. The van der Waals surface area contributed by atoms with Crippen molar-refractivity contribution in [2.75, 3.05) is 6.54 Å². The van der Waals surface area contributed by atoms with E-state index in [1.165, 1.54) is 8.87 Å². The van der Waals surface area contributed by atoms with Crippen molar-refractivity contribution in [1.29, 1.82) is 0 Å². The number of sulfonamides is 1. The van der Waals surface area contributed by atoms with Gasteiger partial charge in [0.1, 0.15) is 5.82 Å². The van der Waals surface area contributed by atoms with Crippen LogP contribution in [0.15, 0.2) is 88.6 Å². The number of aryl methyl sites for hydroxylation is 1. The molecule has 7 heteroatoms. The maximum atomic E-state index is 13.6. The van der Waals surface area contributed by atoms with Crippen LogP contribution in [0.5, 0.6) is 0 Å². The molecule has 1 atom stereocenters. The Bertz CT molecular complexity index is 1430. The fraction of sp³-hybridized carbons (Fsp3) is 0.200. The van der Waals surface area contributed by atoms with Crippen LogP contribution in [0.2, 0.25) is 0 Å². The van der Waals surface area contributed by atoms with Gasteiger partial charge in [0.2, 0.25) is 10.0 Å². The molecule has 0 saturated heterocycles. The summed E-state index contributed by atoms with van der Waals surface area (Å²) in [5.74, 6) is 0.376. The Kier molecular flexibility index (Phi) is 5.95. The summed E-state index contributed by atoms with van der Waals surface area (Å²) in [6.07, 6.45) is 0. The van der Waals surface area contributed by atoms with Gasteiger partial charge in [-0.3, -0.25) is 9.36 Å². The summed E-state index contributed by atoms with van der Waals surface area (Å²) in [4.78, 5) is 18.5. The van der Waals surface area contributed by atoms with Crippen LogP contribution in [0, 0.1) is 6.92 Å². The Morgan fingerprint density at radius 2 is 1.66 bits per heavy atom. The maximum absolute atomic E-state index is 13.6. The van der Waals surface area contributed by atoms with Gasteiger partial charge in [-0.05, 0) is 55.8 Å². The van der Waals surface area contributed by atoms with E-state index in [-0.39, 0.29) is 17.0 Å². The van der Waals surface area contributed by atoms with Gasteiger partial charge >= 0.3 is 0 Å². The average Bonchev–Trinajstić information content (AvgIpc) is 2.80. The number of para-hydroxylation sites is 1. The summed E-state index contributed by atoms with van der Waals surface area (Å²) in [5, 5.41) is 0.485. The standard InChI is InChI=1S/C25H25N3O3S/c1-4-27(32(30,31)21-13-6-5-7-14-21)19(3)24-26-23-16-9-8-15-22(23)25(29)28(24)20-12-10-11-18(2)17-20/h5-17,19H,4H2,1-3H3. The van der Waals surface area contributed by atoms with Crippen LogP contribution in [-0.2, 0) is 10.0 Å². The second kappa shape index (κ2) is 8.68. The molecule has 0 aliphatic carbocycles. The molecule has 3 aromatic carbocycles. The molecular formula is C25H25N3O3S. The topological polar surface area (TPSA) is 72.3 Å². The lowest BCUT2D eigenvalue weighted by molar-refractivity contribution is 0.340. The minimum Gasteiger partial charge on any atom is -0.268 e. The second-order valence-electron chi connectivity index (χ2n) is 7.66. The monoisotopic (exact) mass is 447 g/mol. The van der Waals surface area contributed by atoms with Gasteiger partial charge in [0.15, 0.2) is 0 Å². The van der Waals surface area contributed by atoms with Crippen molar-refractivity contribution in [3.63, 3.8) is 0 Å². The molecular weight excluding hydrogens is 422 g/mol. The van der Waals surface area contributed by atoms with Crippen LogP contribution in [0.25, 0.3) is 16.6 Å². The molecule has 0 amide bonds. The predicted octanol–water partition coefficient (Wildman–Crippen LogP) is 4.47. The van der Waals surface area contributed by atoms with E-state index in [2.05, 4.69) is 0 Å². The van der Waals surface area contributed by atoms with Gasteiger partial charge in [0.25, 0.3) is 5.56 Å². The maximum Gasteiger partial charge on any atom is 0.266 e. The molecule has 0 fully saturated rings. The van der Waals surface area contributed by atoms with Crippen LogP contribution in [0.1, 0.15) is 31.3 Å². The molecule has 6 nitrogen and oxygen atoms in total. The zero-order chi connectivity index (χ0) is 22.9. The first-order valence-electron chi connectivity index (χ1n) is 10.5. The molecule has 0 N–H and O–H groups in total. The van der Waals surface area contributed by atoms with Crippen molar-refractivity contribution >= 4 is 20.9 Å². The molecule has 0 spiro atoms. The number of aromatic nitrogens is 2. The zero-order valence-electron chi connectivity index (χ0n) is 18.3. The molecule has 1 aromatic heterocycles. The van der Waals surface area contributed by atoms with Gasteiger partial charge < -0.3 is 0 Å². The van der Waals surface area contributed by atoms with E-state index in [0.29, 0.717) is 22.4 Å². The molecule has 4 aromatic rings. The molecule has 1 unspecified atom stereocenters. The summed E-state index contributed by atoms with van der Waals surface area (Å²) >= 11 is 0. The average molecular weight is 448 g/mol. The van der Waals surface area contributed by atoms with E-state index in [1.807, 2.05) is 37.3 Å². The minimum atomic E-state index is -3.79. The van der Waals surface area contributed by atoms with Crippen LogP contribution in [-0.4, -0.2) is 28.8 Å². The predicted molar refractivity (Wildman–Crippen MR) is 126 cm³/mol. The molecule has 1 heterocycles. The summed E-state index contributed by atoms with van der Waals surface area (Å²) in [5.41, 5.74) is 1.96. The quantitative estimate of drug-likeness (QED) is 0.437. The molecule has 0 aliphatic heterocycles. The first-order valence-corrected chi connectivity index (χ1v) is 11.9. The molecule has 0 saturated carbocycles. The van der Waals surface area contributed by atoms with E-state index in [1.54, 1.807) is 62.4 Å². The van der Waals surface area contributed by atoms with Crippen LogP contribution < -0.4 is 5.56 Å². The lowest BCUT2D eigenvalue weighted by Gasteiger charge is -2.28. The van der Waals surface area contributed by atoms with Crippen molar-refractivity contribution in [3.05, 3.63) is 101 Å². The van der Waals surface area contributed by atoms with Gasteiger partial charge in [-0.1, -0.05) is 49.4 Å². The van der Waals surface area contributed by atoms with E-state index >= 15 is 0 Å².